The van der Waals surface area contributed by atoms with Gasteiger partial charge in [0.05, 0.1) is 6.42 Å². The first-order valence-corrected chi connectivity index (χ1v) is 8.89. The minimum atomic E-state index is 0.0434. The van der Waals surface area contributed by atoms with Gasteiger partial charge >= 0.3 is 0 Å². The molecule has 0 N–H and O–H groups in total. The normalized spacial score (nSPS) is 8.96. The van der Waals surface area contributed by atoms with Crippen LogP contribution in [0.3, 0.4) is 0 Å². The van der Waals surface area contributed by atoms with Crippen molar-refractivity contribution >= 4 is 23.1 Å². The fourth-order valence-electron chi connectivity index (χ4n) is 1.38. The molecule has 0 saturated heterocycles. The van der Waals surface area contributed by atoms with Crippen LogP contribution in [0, 0.1) is 0 Å². The zero-order valence-corrected chi connectivity index (χ0v) is 16.0. The van der Waals surface area contributed by atoms with E-state index in [0.29, 0.717) is 37.2 Å². The van der Waals surface area contributed by atoms with Crippen LogP contribution < -0.4 is 0 Å². The number of carbonyl (C=O) groups excluding carboxylic acids is 4. The lowest BCUT2D eigenvalue weighted by Gasteiger charge is -1.91. The quantitative estimate of drug-likeness (QED) is 0.537. The van der Waals surface area contributed by atoms with Gasteiger partial charge < -0.3 is 0 Å². The first-order valence-electron chi connectivity index (χ1n) is 8.89. The summed E-state index contributed by atoms with van der Waals surface area (Å²) in [5.41, 5.74) is 0. The Morgan fingerprint density at radius 1 is 0.478 bits per heavy atom. The molecule has 0 saturated carbocycles. The molecule has 23 heavy (non-hydrogen) atoms. The lowest BCUT2D eigenvalue weighted by molar-refractivity contribution is -0.126. The predicted octanol–water partition coefficient (Wildman–Crippen LogP) is 4.87. The van der Waals surface area contributed by atoms with E-state index in [2.05, 4.69) is 0 Å². The zero-order chi connectivity index (χ0) is 18.7. The van der Waals surface area contributed by atoms with Crippen LogP contribution in [0.15, 0.2) is 0 Å². The topological polar surface area (TPSA) is 68.3 Å². The van der Waals surface area contributed by atoms with E-state index >= 15 is 0 Å². The summed E-state index contributed by atoms with van der Waals surface area (Å²) in [4.78, 5) is 41.9. The molecule has 0 rings (SSSR count). The molecule has 0 bridgehead atoms. The molecule has 0 aliphatic carbocycles. The third kappa shape index (κ3) is 25.9. The summed E-state index contributed by atoms with van der Waals surface area (Å²) in [5.74, 6) is 0.841. The van der Waals surface area contributed by atoms with Crippen molar-refractivity contribution in [2.75, 3.05) is 0 Å². The van der Waals surface area contributed by atoms with E-state index in [0.717, 1.165) is 25.7 Å². The predicted molar refractivity (Wildman–Crippen MR) is 95.6 cm³/mol. The number of carbonyl (C=O) groups is 4. The number of ketones is 4. The molecule has 0 unspecified atom stereocenters. The minimum Gasteiger partial charge on any atom is -0.300 e. The molecule has 0 aromatic carbocycles. The van der Waals surface area contributed by atoms with Gasteiger partial charge in [-0.2, -0.15) is 0 Å². The molecular weight excluding hydrogens is 292 g/mol. The molecule has 0 spiro atoms. The molecule has 4 heteroatoms. The first-order chi connectivity index (χ1) is 10.8. The van der Waals surface area contributed by atoms with Gasteiger partial charge in [-0.1, -0.05) is 41.5 Å². The molecule has 4 nitrogen and oxygen atoms in total. The first kappa shape index (κ1) is 26.6. The highest BCUT2D eigenvalue weighted by Crippen LogP contribution is 1.93. The van der Waals surface area contributed by atoms with Gasteiger partial charge in [0.15, 0.2) is 0 Å². The zero-order valence-electron chi connectivity index (χ0n) is 16.0. The average molecular weight is 328 g/mol. The van der Waals surface area contributed by atoms with Crippen molar-refractivity contribution in [1.82, 2.24) is 0 Å². The van der Waals surface area contributed by atoms with E-state index < -0.39 is 0 Å². The van der Waals surface area contributed by atoms with Crippen LogP contribution in [0.2, 0.25) is 0 Å². The maximum Gasteiger partial charge on any atom is 0.139 e. The number of hydrogen-bond donors (Lipinski definition) is 0. The van der Waals surface area contributed by atoms with E-state index in [1.807, 2.05) is 27.7 Å². The number of rotatable bonds is 10. The highest BCUT2D eigenvalue weighted by molar-refractivity contribution is 5.98. The van der Waals surface area contributed by atoms with Crippen LogP contribution in [0.5, 0.6) is 0 Å². The Morgan fingerprint density at radius 3 is 0.870 bits per heavy atom. The van der Waals surface area contributed by atoms with Gasteiger partial charge in [-0.3, -0.25) is 19.2 Å². The van der Waals surface area contributed by atoms with Crippen LogP contribution in [0.4, 0.5) is 0 Å². The van der Waals surface area contributed by atoms with Crippen molar-refractivity contribution in [3.63, 3.8) is 0 Å². The van der Waals surface area contributed by atoms with Crippen molar-refractivity contribution < 1.29 is 19.2 Å². The van der Waals surface area contributed by atoms with E-state index in [-0.39, 0.29) is 18.0 Å². The SMILES string of the molecule is CCC(=O)CC(=O)CC.CCCC(=O)CC.CCCC(=O)CC. The van der Waals surface area contributed by atoms with Crippen molar-refractivity contribution in [1.29, 1.82) is 0 Å². The van der Waals surface area contributed by atoms with Crippen LogP contribution in [-0.4, -0.2) is 23.1 Å². The summed E-state index contributed by atoms with van der Waals surface area (Å²) in [6.07, 6.45) is 6.00. The summed E-state index contributed by atoms with van der Waals surface area (Å²) in [7, 11) is 0. The van der Waals surface area contributed by atoms with Crippen LogP contribution in [0.25, 0.3) is 0 Å². The summed E-state index contributed by atoms with van der Waals surface area (Å²) in [5, 5.41) is 0. The van der Waals surface area contributed by atoms with Crippen molar-refractivity contribution in [2.45, 2.75) is 99.3 Å². The Hall–Kier alpha value is -1.32. The van der Waals surface area contributed by atoms with Gasteiger partial charge in [0.25, 0.3) is 0 Å². The van der Waals surface area contributed by atoms with E-state index in [9.17, 15) is 19.2 Å². The monoisotopic (exact) mass is 328 g/mol. The van der Waals surface area contributed by atoms with E-state index in [1.54, 1.807) is 13.8 Å². The number of Topliss-reactive ketones (excluding diaryl/α,β-unsaturated/α-hetero) is 4. The molecule has 0 aliphatic heterocycles. The Morgan fingerprint density at radius 2 is 0.739 bits per heavy atom. The fraction of sp³-hybridized carbons (Fsp3) is 0.789. The highest BCUT2D eigenvalue weighted by Gasteiger charge is 2.03. The molecule has 0 atom stereocenters. The minimum absolute atomic E-state index is 0.0434. The largest absolute Gasteiger partial charge is 0.300 e. The van der Waals surface area contributed by atoms with Crippen molar-refractivity contribution in [2.24, 2.45) is 0 Å². The lowest BCUT2D eigenvalue weighted by atomic mass is 10.1. The second-order valence-electron chi connectivity index (χ2n) is 5.25. The maximum absolute atomic E-state index is 10.6. The smallest absolute Gasteiger partial charge is 0.139 e. The molecule has 0 aromatic heterocycles. The van der Waals surface area contributed by atoms with E-state index in [4.69, 9.17) is 0 Å². The standard InChI is InChI=1S/C7H12O2.2C6H12O/c1-3-6(8)5-7(9)4-2;2*1-3-5-6(7)4-2/h3-5H2,1-2H3;2*3-5H2,1-2H3. The van der Waals surface area contributed by atoms with Gasteiger partial charge in [0.2, 0.25) is 0 Å². The molecule has 0 aliphatic rings. The molecule has 136 valence electrons. The second kappa shape index (κ2) is 20.7. The van der Waals surface area contributed by atoms with Crippen LogP contribution in [-0.2, 0) is 19.2 Å². The van der Waals surface area contributed by atoms with Crippen LogP contribution in [0.1, 0.15) is 99.3 Å². The van der Waals surface area contributed by atoms with Crippen molar-refractivity contribution in [3.8, 4) is 0 Å². The highest BCUT2D eigenvalue weighted by atomic mass is 16.1. The fourth-order valence-corrected chi connectivity index (χ4v) is 1.38. The molecule has 0 radical (unpaired) electrons. The molecule has 0 amide bonds. The Kier molecular flexibility index (Phi) is 23.9. The Balaban J connectivity index is -0.000000264. The number of hydrogen-bond acceptors (Lipinski definition) is 4. The molecule has 0 aromatic rings. The Bertz CT molecular complexity index is 300. The summed E-state index contributed by atoms with van der Waals surface area (Å²) in [6, 6.07) is 0. The van der Waals surface area contributed by atoms with Gasteiger partial charge in [-0.15, -0.1) is 0 Å². The molecule has 0 fully saturated rings. The average Bonchev–Trinajstić information content (AvgIpc) is 2.55. The Labute approximate surface area is 142 Å². The van der Waals surface area contributed by atoms with E-state index in [1.165, 1.54) is 0 Å². The van der Waals surface area contributed by atoms with Crippen LogP contribution >= 0.6 is 0 Å². The lowest BCUT2D eigenvalue weighted by Crippen LogP contribution is -2.04. The third-order valence-electron chi connectivity index (χ3n) is 3.03. The maximum atomic E-state index is 10.6. The summed E-state index contributed by atoms with van der Waals surface area (Å²) in [6.45, 7) is 11.4. The van der Waals surface area contributed by atoms with Crippen molar-refractivity contribution in [3.05, 3.63) is 0 Å². The van der Waals surface area contributed by atoms with Gasteiger partial charge in [-0.25, -0.2) is 0 Å². The second-order valence-corrected chi connectivity index (χ2v) is 5.25. The van der Waals surface area contributed by atoms with Gasteiger partial charge in [0, 0.05) is 38.5 Å². The van der Waals surface area contributed by atoms with Gasteiger partial charge in [-0.05, 0) is 12.8 Å². The summed E-state index contributed by atoms with van der Waals surface area (Å²) < 4.78 is 0. The summed E-state index contributed by atoms with van der Waals surface area (Å²) >= 11 is 0. The molecular formula is C19H36O4. The molecule has 0 heterocycles. The van der Waals surface area contributed by atoms with Gasteiger partial charge in [0.1, 0.15) is 23.1 Å². The third-order valence-corrected chi connectivity index (χ3v) is 3.03.